The summed E-state index contributed by atoms with van der Waals surface area (Å²) in [5, 5.41) is 0.415. The molecule has 0 spiro atoms. The number of fused-ring (bicyclic) bond motifs is 1. The van der Waals surface area contributed by atoms with Crippen LogP contribution in [-0.2, 0) is 27.9 Å². The van der Waals surface area contributed by atoms with E-state index in [4.69, 9.17) is 16.3 Å². The highest BCUT2D eigenvalue weighted by molar-refractivity contribution is 7.90. The van der Waals surface area contributed by atoms with E-state index in [9.17, 15) is 18.0 Å². The number of sulfonamides is 1. The zero-order chi connectivity index (χ0) is 29.6. The molecule has 0 radical (unpaired) electrons. The average Bonchev–Trinajstić information content (AvgIpc) is 3.26. The van der Waals surface area contributed by atoms with Crippen molar-refractivity contribution in [2.45, 2.75) is 46.3 Å². The predicted octanol–water partition coefficient (Wildman–Crippen LogP) is 5.46. The lowest BCUT2D eigenvalue weighted by molar-refractivity contribution is 0.0976. The van der Waals surface area contributed by atoms with Crippen LogP contribution >= 0.6 is 11.6 Å². The molecule has 0 aliphatic heterocycles. The monoisotopic (exact) mass is 597 g/mol. The Morgan fingerprint density at radius 2 is 1.80 bits per heavy atom. The normalized spacial score (nSPS) is 11.4. The van der Waals surface area contributed by atoms with Crippen molar-refractivity contribution in [1.82, 2.24) is 19.3 Å². The van der Waals surface area contributed by atoms with Crippen LogP contribution in [0.1, 0.15) is 53.6 Å². The number of hydrogen-bond donors (Lipinski definition) is 1. The van der Waals surface area contributed by atoms with E-state index in [2.05, 4.69) is 14.7 Å². The highest BCUT2D eigenvalue weighted by atomic mass is 35.5. The summed E-state index contributed by atoms with van der Waals surface area (Å²) < 4.78 is 33.9. The Labute approximate surface area is 244 Å². The molecule has 0 bridgehead atoms. The smallest absolute Gasteiger partial charge is 0.414 e. The number of nitrogens with one attached hydrogen (secondary N) is 1. The molecule has 216 valence electrons. The van der Waals surface area contributed by atoms with Crippen molar-refractivity contribution in [3.8, 4) is 0 Å². The third-order valence-electron chi connectivity index (χ3n) is 6.51. The van der Waals surface area contributed by atoms with Crippen LogP contribution < -0.4 is 9.62 Å². The van der Waals surface area contributed by atoms with Crippen molar-refractivity contribution in [1.29, 1.82) is 0 Å². The van der Waals surface area contributed by atoms with E-state index in [-0.39, 0.29) is 24.6 Å². The molecule has 41 heavy (non-hydrogen) atoms. The summed E-state index contributed by atoms with van der Waals surface area (Å²) in [5.74, 6) is -0.280. The van der Waals surface area contributed by atoms with Crippen LogP contribution in [-0.4, -0.2) is 47.8 Å². The van der Waals surface area contributed by atoms with Crippen molar-refractivity contribution < 1.29 is 22.7 Å². The van der Waals surface area contributed by atoms with Crippen LogP contribution in [0.25, 0.3) is 11.2 Å². The lowest BCUT2D eigenvalue weighted by Gasteiger charge is -2.18. The molecule has 12 heteroatoms. The van der Waals surface area contributed by atoms with E-state index < -0.39 is 22.0 Å². The number of unbranched alkanes of at least 4 members (excludes halogenated alkanes) is 2. The third kappa shape index (κ3) is 7.62. The molecule has 1 N–H and O–H groups in total. The fourth-order valence-electron chi connectivity index (χ4n) is 4.18. The van der Waals surface area contributed by atoms with Gasteiger partial charge in [0.25, 0.3) is 5.91 Å². The number of hydrogen-bond acceptors (Lipinski definition) is 7. The van der Waals surface area contributed by atoms with Gasteiger partial charge in [0.15, 0.2) is 5.65 Å². The van der Waals surface area contributed by atoms with E-state index in [1.165, 1.54) is 11.0 Å². The van der Waals surface area contributed by atoms with Crippen molar-refractivity contribution in [3.05, 3.63) is 88.3 Å². The van der Waals surface area contributed by atoms with E-state index in [0.717, 1.165) is 24.0 Å². The number of aryl methyl sites for hydroxylation is 1. The topological polar surface area (TPSA) is 123 Å². The summed E-state index contributed by atoms with van der Waals surface area (Å²) in [7, 11) is -2.16. The lowest BCUT2D eigenvalue weighted by Crippen LogP contribution is -2.33. The molecule has 0 fully saturated rings. The lowest BCUT2D eigenvalue weighted by atomic mass is 10.2. The van der Waals surface area contributed by atoms with Crippen LogP contribution in [0.4, 0.5) is 10.5 Å². The van der Waals surface area contributed by atoms with Gasteiger partial charge >= 0.3 is 6.09 Å². The van der Waals surface area contributed by atoms with E-state index in [1.54, 1.807) is 42.8 Å². The quantitative estimate of drug-likeness (QED) is 0.228. The number of anilines is 1. The van der Waals surface area contributed by atoms with Gasteiger partial charge < -0.3 is 9.30 Å². The number of pyridine rings is 1. The molecular weight excluding hydrogens is 566 g/mol. The van der Waals surface area contributed by atoms with Crippen molar-refractivity contribution in [2.75, 3.05) is 17.7 Å². The first-order chi connectivity index (χ1) is 19.6. The minimum Gasteiger partial charge on any atom is -0.444 e. The fraction of sp³-hybridized carbons (Fsp3) is 0.310. The maximum atomic E-state index is 12.7. The number of aromatic nitrogens is 3. The van der Waals surface area contributed by atoms with E-state index in [1.807, 2.05) is 37.3 Å². The molecule has 4 rings (SSSR count). The summed E-state index contributed by atoms with van der Waals surface area (Å²) in [6.45, 7) is 4.22. The Kier molecular flexibility index (Phi) is 9.61. The highest BCUT2D eigenvalue weighted by Gasteiger charge is 2.20. The Bertz CT molecular complexity index is 1660. The summed E-state index contributed by atoms with van der Waals surface area (Å²) in [6.07, 6.45) is 1.59. The molecule has 2 amide bonds. The highest BCUT2D eigenvalue weighted by Crippen LogP contribution is 2.26. The zero-order valence-electron chi connectivity index (χ0n) is 23.1. The van der Waals surface area contributed by atoms with Gasteiger partial charge in [-0.15, -0.1) is 0 Å². The molecule has 2 aromatic heterocycles. The Morgan fingerprint density at radius 3 is 2.51 bits per heavy atom. The number of amides is 2. The second-order valence-electron chi connectivity index (χ2n) is 9.62. The molecule has 0 saturated carbocycles. The maximum Gasteiger partial charge on any atom is 0.414 e. The molecule has 10 nitrogen and oxygen atoms in total. The van der Waals surface area contributed by atoms with Gasteiger partial charge in [-0.25, -0.2) is 27.9 Å². The van der Waals surface area contributed by atoms with Gasteiger partial charge in [-0.05, 0) is 48.7 Å². The molecule has 2 aromatic carbocycles. The van der Waals surface area contributed by atoms with E-state index in [0.29, 0.717) is 34.1 Å². The molecule has 4 aromatic rings. The fourth-order valence-corrected chi connectivity index (χ4v) is 5.49. The van der Waals surface area contributed by atoms with Gasteiger partial charge in [0.1, 0.15) is 23.6 Å². The largest absolute Gasteiger partial charge is 0.444 e. The number of ether oxygens (including phenoxy) is 1. The molecule has 0 unspecified atom stereocenters. The Balaban J connectivity index is 1.49. The standard InChI is InChI=1S/C29H32ClN5O5S/c1-4-5-9-16-41(38,39)33-28(36)26-15-14-25-27(32-26)35(20(2)31-25)18-22-12-13-23(17-24(22)30)34(3)29(37)40-19-21-10-7-6-8-11-21/h6-8,10-15,17H,4-5,9,16,18-19H2,1-3H3,(H,33,36). The predicted molar refractivity (Wildman–Crippen MR) is 159 cm³/mol. The van der Waals surface area contributed by atoms with Crippen LogP contribution in [0.2, 0.25) is 5.02 Å². The van der Waals surface area contributed by atoms with Crippen LogP contribution in [0.5, 0.6) is 0 Å². The number of benzene rings is 2. The molecule has 0 saturated heterocycles. The van der Waals surface area contributed by atoms with Gasteiger partial charge in [-0.2, -0.15) is 0 Å². The van der Waals surface area contributed by atoms with Crippen molar-refractivity contribution in [2.24, 2.45) is 0 Å². The average molecular weight is 598 g/mol. The van der Waals surface area contributed by atoms with Crippen molar-refractivity contribution in [3.63, 3.8) is 0 Å². The summed E-state index contributed by atoms with van der Waals surface area (Å²) >= 11 is 6.61. The van der Waals surface area contributed by atoms with Crippen molar-refractivity contribution >= 4 is 50.5 Å². The number of carbonyl (C=O) groups is 2. The van der Waals surface area contributed by atoms with Gasteiger partial charge in [-0.3, -0.25) is 9.69 Å². The number of nitrogens with zero attached hydrogens (tertiary/aromatic N) is 4. The first-order valence-electron chi connectivity index (χ1n) is 13.2. The minimum atomic E-state index is -3.77. The maximum absolute atomic E-state index is 12.7. The number of rotatable bonds is 11. The minimum absolute atomic E-state index is 0.0326. The molecular formula is C29H32ClN5O5S. The summed E-state index contributed by atoms with van der Waals surface area (Å²) in [6, 6.07) is 17.7. The summed E-state index contributed by atoms with van der Waals surface area (Å²) in [4.78, 5) is 35.6. The first kappa shape index (κ1) is 30.0. The molecule has 0 aliphatic carbocycles. The molecule has 0 atom stereocenters. The Hall–Kier alpha value is -3.96. The van der Waals surface area contributed by atoms with E-state index >= 15 is 0 Å². The third-order valence-corrected chi connectivity index (χ3v) is 8.19. The number of carbonyl (C=O) groups excluding carboxylic acids is 2. The first-order valence-corrected chi connectivity index (χ1v) is 15.2. The second-order valence-corrected chi connectivity index (χ2v) is 11.9. The Morgan fingerprint density at radius 1 is 1.05 bits per heavy atom. The van der Waals surface area contributed by atoms with Gasteiger partial charge in [0.2, 0.25) is 10.0 Å². The van der Waals surface area contributed by atoms with Crippen LogP contribution in [0.3, 0.4) is 0 Å². The second kappa shape index (κ2) is 13.1. The van der Waals surface area contributed by atoms with Crippen LogP contribution in [0.15, 0.2) is 60.7 Å². The molecule has 0 aliphatic rings. The number of halogens is 1. The SMILES string of the molecule is CCCCCS(=O)(=O)NC(=O)c1ccc2nc(C)n(Cc3ccc(N(C)C(=O)OCc4ccccc4)cc3Cl)c2n1. The number of imidazole rings is 1. The molecule has 2 heterocycles. The van der Waals surface area contributed by atoms with Crippen LogP contribution in [0, 0.1) is 6.92 Å². The summed E-state index contributed by atoms with van der Waals surface area (Å²) in [5.41, 5.74) is 3.11. The van der Waals surface area contributed by atoms with Gasteiger partial charge in [0.05, 0.1) is 12.3 Å². The van der Waals surface area contributed by atoms with Gasteiger partial charge in [-0.1, -0.05) is 67.8 Å². The van der Waals surface area contributed by atoms with Gasteiger partial charge in [0, 0.05) is 17.8 Å². The zero-order valence-corrected chi connectivity index (χ0v) is 24.7.